The van der Waals surface area contributed by atoms with Crippen LogP contribution in [-0.2, 0) is 0 Å². The van der Waals surface area contributed by atoms with Crippen molar-refractivity contribution in [3.05, 3.63) is 0 Å². The van der Waals surface area contributed by atoms with Gasteiger partial charge in [0.05, 0.1) is 12.2 Å². The zero-order chi connectivity index (χ0) is 21.7. The minimum absolute atomic E-state index is 0.0611. The number of aliphatic hydroxyl groups is 2. The van der Waals surface area contributed by atoms with E-state index < -0.39 is 0 Å². The highest BCUT2D eigenvalue weighted by atomic mass is 16.3. The molecule has 0 aromatic carbocycles. The van der Waals surface area contributed by atoms with Gasteiger partial charge in [-0.3, -0.25) is 0 Å². The van der Waals surface area contributed by atoms with Gasteiger partial charge in [0, 0.05) is 0 Å². The Morgan fingerprint density at radius 1 is 0.900 bits per heavy atom. The van der Waals surface area contributed by atoms with Gasteiger partial charge in [-0.1, -0.05) is 40.5 Å². The predicted molar refractivity (Wildman–Crippen MR) is 124 cm³/mol. The summed E-state index contributed by atoms with van der Waals surface area (Å²) in [7, 11) is 0. The number of aliphatic hydroxyl groups excluding tert-OH is 2. The third kappa shape index (κ3) is 3.79. The van der Waals surface area contributed by atoms with Gasteiger partial charge >= 0.3 is 0 Å². The van der Waals surface area contributed by atoms with Gasteiger partial charge in [-0.25, -0.2) is 0 Å². The smallest absolute Gasteiger partial charge is 0.0579 e. The molecular weight excluding hydrogens is 370 g/mol. The lowest BCUT2D eigenvalue weighted by Gasteiger charge is -2.61. The third-order valence-corrected chi connectivity index (χ3v) is 11.1. The maximum absolute atomic E-state index is 11.3. The molecule has 0 bridgehead atoms. The highest BCUT2D eigenvalue weighted by Crippen LogP contribution is 2.68. The lowest BCUT2D eigenvalue weighted by molar-refractivity contribution is -0.130. The highest BCUT2D eigenvalue weighted by molar-refractivity contribution is 5.11. The Morgan fingerprint density at radius 2 is 1.63 bits per heavy atom. The second kappa shape index (κ2) is 8.67. The summed E-state index contributed by atoms with van der Waals surface area (Å²) >= 11 is 0. The first kappa shape index (κ1) is 23.1. The first-order valence-electron chi connectivity index (χ1n) is 13.3. The summed E-state index contributed by atoms with van der Waals surface area (Å²) in [6.07, 6.45) is 13.1. The van der Waals surface area contributed by atoms with Crippen LogP contribution >= 0.6 is 0 Å². The van der Waals surface area contributed by atoms with Gasteiger partial charge in [0.15, 0.2) is 0 Å². The number of hydrogen-bond acceptors (Lipinski definition) is 3. The summed E-state index contributed by atoms with van der Waals surface area (Å²) in [6.45, 7) is 10.6. The SMILES string of the molecule is C[C@H](CN)CCC[C@@H](C)C1[C@@H](O)C[C@H]2[C@@H]3CC[C@H]4C[C@@H](O)CC[C@]4(C)[C@H]3CC[C@]12C. The Kier molecular flexibility index (Phi) is 6.66. The molecule has 0 aromatic rings. The van der Waals surface area contributed by atoms with Crippen LogP contribution in [0.25, 0.3) is 0 Å². The molecule has 0 aliphatic heterocycles. The Labute approximate surface area is 185 Å². The van der Waals surface area contributed by atoms with Crippen molar-refractivity contribution < 1.29 is 10.2 Å². The maximum Gasteiger partial charge on any atom is 0.0579 e. The van der Waals surface area contributed by atoms with E-state index in [1.807, 2.05) is 0 Å². The molecule has 4 rings (SSSR count). The van der Waals surface area contributed by atoms with E-state index >= 15 is 0 Å². The van der Waals surface area contributed by atoms with Crippen molar-refractivity contribution in [2.24, 2.45) is 58.0 Å². The molecule has 3 nitrogen and oxygen atoms in total. The molecule has 4 aliphatic rings. The van der Waals surface area contributed by atoms with Gasteiger partial charge in [0.2, 0.25) is 0 Å². The Hall–Kier alpha value is -0.120. The zero-order valence-electron chi connectivity index (χ0n) is 20.2. The molecule has 30 heavy (non-hydrogen) atoms. The lowest BCUT2D eigenvalue weighted by Crippen LogP contribution is -2.54. The molecule has 0 amide bonds. The molecule has 4 aliphatic carbocycles. The molecule has 0 saturated heterocycles. The quantitative estimate of drug-likeness (QED) is 0.541. The van der Waals surface area contributed by atoms with E-state index in [9.17, 15) is 10.2 Å². The number of fused-ring (bicyclic) bond motifs is 5. The van der Waals surface area contributed by atoms with E-state index in [1.54, 1.807) is 0 Å². The zero-order valence-corrected chi connectivity index (χ0v) is 20.2. The van der Waals surface area contributed by atoms with Crippen molar-refractivity contribution >= 4 is 0 Å². The van der Waals surface area contributed by atoms with Gasteiger partial charge in [-0.15, -0.1) is 0 Å². The summed E-state index contributed by atoms with van der Waals surface area (Å²) in [5.41, 5.74) is 6.56. The lowest BCUT2D eigenvalue weighted by atomic mass is 9.44. The fraction of sp³-hybridized carbons (Fsp3) is 1.00. The average Bonchev–Trinajstić information content (AvgIpc) is 2.98. The fourth-order valence-corrected chi connectivity index (χ4v) is 9.40. The summed E-state index contributed by atoms with van der Waals surface area (Å²) in [5.74, 6) is 4.72. The van der Waals surface area contributed by atoms with Crippen LogP contribution in [0.1, 0.15) is 98.3 Å². The van der Waals surface area contributed by atoms with Crippen LogP contribution in [0.3, 0.4) is 0 Å². The molecule has 4 N–H and O–H groups in total. The maximum atomic E-state index is 11.3. The predicted octanol–water partition coefficient (Wildman–Crippen LogP) is 5.38. The monoisotopic (exact) mass is 419 g/mol. The van der Waals surface area contributed by atoms with Crippen molar-refractivity contribution in [2.45, 2.75) is 111 Å². The molecule has 174 valence electrons. The van der Waals surface area contributed by atoms with Crippen LogP contribution < -0.4 is 5.73 Å². The molecular formula is C27H49NO2. The number of rotatable bonds is 6. The van der Waals surface area contributed by atoms with E-state index in [2.05, 4.69) is 27.7 Å². The average molecular weight is 420 g/mol. The Morgan fingerprint density at radius 3 is 2.37 bits per heavy atom. The van der Waals surface area contributed by atoms with Gasteiger partial charge in [0.25, 0.3) is 0 Å². The highest BCUT2D eigenvalue weighted by Gasteiger charge is 2.62. The molecule has 0 aromatic heterocycles. The van der Waals surface area contributed by atoms with E-state index in [1.165, 1.54) is 51.4 Å². The van der Waals surface area contributed by atoms with Gasteiger partial charge in [-0.2, -0.15) is 0 Å². The Balaban J connectivity index is 1.47. The standard InChI is InChI=1S/C27H49NO2/c1-17(16-28)6-5-7-18(2)25-24(30)15-23-21-9-8-19-14-20(29)10-12-26(19,3)22(21)11-13-27(23,25)4/h17-25,29-30H,5-16,28H2,1-4H3/t17-,18+,19-,20-,21+,22-,23-,24-,25?,26-,27-/m0/s1. The minimum Gasteiger partial charge on any atom is -0.393 e. The van der Waals surface area contributed by atoms with E-state index in [0.29, 0.717) is 34.5 Å². The van der Waals surface area contributed by atoms with Crippen molar-refractivity contribution in [3.8, 4) is 0 Å². The summed E-state index contributed by atoms with van der Waals surface area (Å²) in [6, 6.07) is 0. The van der Waals surface area contributed by atoms with Crippen molar-refractivity contribution in [1.29, 1.82) is 0 Å². The topological polar surface area (TPSA) is 66.5 Å². The van der Waals surface area contributed by atoms with Gasteiger partial charge in [-0.05, 0) is 117 Å². The van der Waals surface area contributed by atoms with Gasteiger partial charge in [0.1, 0.15) is 0 Å². The van der Waals surface area contributed by atoms with Crippen molar-refractivity contribution in [1.82, 2.24) is 0 Å². The van der Waals surface area contributed by atoms with E-state index in [-0.39, 0.29) is 12.2 Å². The van der Waals surface area contributed by atoms with Crippen LogP contribution in [-0.4, -0.2) is 29.0 Å². The first-order chi connectivity index (χ1) is 14.2. The molecule has 0 heterocycles. The summed E-state index contributed by atoms with van der Waals surface area (Å²) in [4.78, 5) is 0. The van der Waals surface area contributed by atoms with Crippen LogP contribution in [0, 0.1) is 52.3 Å². The van der Waals surface area contributed by atoms with E-state index in [4.69, 9.17) is 5.73 Å². The third-order valence-electron chi connectivity index (χ3n) is 11.1. The molecule has 0 radical (unpaired) electrons. The van der Waals surface area contributed by atoms with Crippen LogP contribution in [0.5, 0.6) is 0 Å². The summed E-state index contributed by atoms with van der Waals surface area (Å²) < 4.78 is 0. The second-order valence-electron chi connectivity index (χ2n) is 12.7. The summed E-state index contributed by atoms with van der Waals surface area (Å²) in [5, 5.41) is 21.5. The van der Waals surface area contributed by atoms with Crippen LogP contribution in [0.2, 0.25) is 0 Å². The molecule has 1 unspecified atom stereocenters. The number of hydrogen-bond donors (Lipinski definition) is 3. The van der Waals surface area contributed by atoms with Crippen molar-refractivity contribution in [3.63, 3.8) is 0 Å². The van der Waals surface area contributed by atoms with E-state index in [0.717, 1.165) is 43.6 Å². The molecule has 11 atom stereocenters. The molecule has 3 heteroatoms. The normalized spacial score (nSPS) is 50.3. The van der Waals surface area contributed by atoms with Crippen molar-refractivity contribution in [2.75, 3.05) is 6.54 Å². The second-order valence-corrected chi connectivity index (χ2v) is 12.7. The first-order valence-corrected chi connectivity index (χ1v) is 13.3. The molecule has 4 fully saturated rings. The van der Waals surface area contributed by atoms with Crippen LogP contribution in [0.4, 0.5) is 0 Å². The largest absolute Gasteiger partial charge is 0.393 e. The molecule has 0 spiro atoms. The van der Waals surface area contributed by atoms with Gasteiger partial charge < -0.3 is 15.9 Å². The fourth-order valence-electron chi connectivity index (χ4n) is 9.40. The van der Waals surface area contributed by atoms with Crippen LogP contribution in [0.15, 0.2) is 0 Å². The number of nitrogens with two attached hydrogens (primary N) is 1. The minimum atomic E-state index is -0.112. The Bertz CT molecular complexity index is 595. The molecule has 4 saturated carbocycles.